The predicted molar refractivity (Wildman–Crippen MR) is 72.3 cm³/mol. The number of carbonyl (C=O) groups is 1. The molecule has 1 unspecified atom stereocenters. The molecule has 0 aliphatic carbocycles. The molecule has 1 heterocycles. The van der Waals surface area contributed by atoms with E-state index < -0.39 is 0 Å². The van der Waals surface area contributed by atoms with Gasteiger partial charge < -0.3 is 5.32 Å². The molecule has 0 spiro atoms. The summed E-state index contributed by atoms with van der Waals surface area (Å²) in [4.78, 5) is 17.4. The smallest absolute Gasteiger partial charge is 0.225 e. The molecule has 0 aliphatic heterocycles. The highest BCUT2D eigenvalue weighted by molar-refractivity contribution is 7.14. The molecule has 1 rings (SSSR count). The molecule has 98 valence electrons. The van der Waals surface area contributed by atoms with E-state index in [4.69, 9.17) is 5.26 Å². The molecular formula is C12H18N4OS. The Morgan fingerprint density at radius 2 is 2.44 bits per heavy atom. The van der Waals surface area contributed by atoms with Crippen molar-refractivity contribution in [3.8, 4) is 6.07 Å². The maximum atomic E-state index is 11.4. The molecule has 1 atom stereocenters. The highest BCUT2D eigenvalue weighted by Crippen LogP contribution is 2.20. The minimum absolute atomic E-state index is 0.00413. The summed E-state index contributed by atoms with van der Waals surface area (Å²) in [5, 5.41) is 14.5. The van der Waals surface area contributed by atoms with Crippen LogP contribution in [0.3, 0.4) is 0 Å². The van der Waals surface area contributed by atoms with Crippen LogP contribution >= 0.6 is 11.3 Å². The number of nitrogens with one attached hydrogen (secondary N) is 1. The minimum atomic E-state index is -0.00698. The van der Waals surface area contributed by atoms with Gasteiger partial charge in [0.05, 0.1) is 17.7 Å². The van der Waals surface area contributed by atoms with Gasteiger partial charge >= 0.3 is 0 Å². The van der Waals surface area contributed by atoms with Gasteiger partial charge in [0.1, 0.15) is 0 Å². The largest absolute Gasteiger partial charge is 0.310 e. The standard InChI is InChI=1S/C12H18N4OS/c1-4-16(10(3)17)12-15-11(8-18-12)7-14-6-9(2)5-13/h8-9,14H,4,6-7H2,1-3H3. The summed E-state index contributed by atoms with van der Waals surface area (Å²) in [6, 6.07) is 2.17. The number of aromatic nitrogens is 1. The van der Waals surface area contributed by atoms with Crippen molar-refractivity contribution >= 4 is 22.4 Å². The van der Waals surface area contributed by atoms with E-state index in [9.17, 15) is 4.79 Å². The van der Waals surface area contributed by atoms with Gasteiger partial charge in [0.25, 0.3) is 0 Å². The predicted octanol–water partition coefficient (Wildman–Crippen LogP) is 1.77. The first-order valence-electron chi connectivity index (χ1n) is 5.91. The van der Waals surface area contributed by atoms with Crippen LogP contribution in [0.4, 0.5) is 5.13 Å². The van der Waals surface area contributed by atoms with Crippen molar-refractivity contribution in [3.63, 3.8) is 0 Å². The summed E-state index contributed by atoms with van der Waals surface area (Å²) in [7, 11) is 0. The number of amides is 1. The number of nitrogens with zero attached hydrogens (tertiary/aromatic N) is 3. The Hall–Kier alpha value is -1.45. The van der Waals surface area contributed by atoms with Crippen LogP contribution in [0.15, 0.2) is 5.38 Å². The zero-order valence-corrected chi connectivity index (χ0v) is 11.8. The molecule has 0 saturated carbocycles. The van der Waals surface area contributed by atoms with Crippen molar-refractivity contribution < 1.29 is 4.79 Å². The van der Waals surface area contributed by atoms with Crippen molar-refractivity contribution in [3.05, 3.63) is 11.1 Å². The van der Waals surface area contributed by atoms with Crippen LogP contribution in [0.2, 0.25) is 0 Å². The van der Waals surface area contributed by atoms with E-state index in [2.05, 4.69) is 16.4 Å². The molecule has 1 N–H and O–H groups in total. The third-order valence-corrected chi connectivity index (χ3v) is 3.36. The van der Waals surface area contributed by atoms with Gasteiger partial charge in [0.2, 0.25) is 5.91 Å². The van der Waals surface area contributed by atoms with E-state index in [1.54, 1.807) is 4.90 Å². The fraction of sp³-hybridized carbons (Fsp3) is 0.583. The Balaban J connectivity index is 2.53. The molecule has 0 saturated heterocycles. The first kappa shape index (κ1) is 14.6. The third kappa shape index (κ3) is 4.09. The van der Waals surface area contributed by atoms with Crippen LogP contribution in [-0.2, 0) is 11.3 Å². The van der Waals surface area contributed by atoms with Gasteiger partial charge in [-0.1, -0.05) is 0 Å². The lowest BCUT2D eigenvalue weighted by Crippen LogP contribution is -2.27. The lowest BCUT2D eigenvalue weighted by atomic mass is 10.2. The van der Waals surface area contributed by atoms with E-state index in [-0.39, 0.29) is 11.8 Å². The van der Waals surface area contributed by atoms with Crippen molar-refractivity contribution in [2.24, 2.45) is 5.92 Å². The topological polar surface area (TPSA) is 69.0 Å². The maximum Gasteiger partial charge on any atom is 0.225 e. The Morgan fingerprint density at radius 3 is 3.00 bits per heavy atom. The van der Waals surface area contributed by atoms with Gasteiger partial charge in [-0.25, -0.2) is 4.98 Å². The van der Waals surface area contributed by atoms with Crippen LogP contribution in [0.25, 0.3) is 0 Å². The van der Waals surface area contributed by atoms with Crippen LogP contribution in [0.1, 0.15) is 26.5 Å². The Bertz CT molecular complexity index is 438. The minimum Gasteiger partial charge on any atom is -0.310 e. The molecule has 0 fully saturated rings. The number of carbonyl (C=O) groups excluding carboxylic acids is 1. The summed E-state index contributed by atoms with van der Waals surface area (Å²) >= 11 is 1.46. The molecular weight excluding hydrogens is 248 g/mol. The SMILES string of the molecule is CCN(C(C)=O)c1nc(CNCC(C)C#N)cs1. The third-order valence-electron chi connectivity index (χ3n) is 2.44. The quantitative estimate of drug-likeness (QED) is 0.852. The molecule has 1 aromatic rings. The Morgan fingerprint density at radius 1 is 1.72 bits per heavy atom. The van der Waals surface area contributed by atoms with Crippen molar-refractivity contribution in [2.75, 3.05) is 18.0 Å². The van der Waals surface area contributed by atoms with E-state index in [0.717, 1.165) is 10.8 Å². The van der Waals surface area contributed by atoms with Gasteiger partial charge in [0, 0.05) is 31.9 Å². The van der Waals surface area contributed by atoms with Gasteiger partial charge in [-0.3, -0.25) is 9.69 Å². The zero-order chi connectivity index (χ0) is 13.5. The van der Waals surface area contributed by atoms with E-state index in [0.29, 0.717) is 19.6 Å². The highest BCUT2D eigenvalue weighted by Gasteiger charge is 2.13. The second-order valence-electron chi connectivity index (χ2n) is 4.05. The van der Waals surface area contributed by atoms with Gasteiger partial charge in [0.15, 0.2) is 5.13 Å². The van der Waals surface area contributed by atoms with Crippen LogP contribution in [-0.4, -0.2) is 24.0 Å². The summed E-state index contributed by atoms with van der Waals surface area (Å²) in [6.07, 6.45) is 0. The fourth-order valence-corrected chi connectivity index (χ4v) is 2.39. The highest BCUT2D eigenvalue weighted by atomic mass is 32.1. The summed E-state index contributed by atoms with van der Waals surface area (Å²) < 4.78 is 0. The maximum absolute atomic E-state index is 11.4. The number of thiazole rings is 1. The number of hydrogen-bond acceptors (Lipinski definition) is 5. The van der Waals surface area contributed by atoms with Crippen LogP contribution < -0.4 is 10.2 Å². The second kappa shape index (κ2) is 7.09. The number of nitriles is 1. The van der Waals surface area contributed by atoms with E-state index in [1.165, 1.54) is 18.3 Å². The first-order chi connectivity index (χ1) is 8.58. The Labute approximate surface area is 111 Å². The van der Waals surface area contributed by atoms with Crippen molar-refractivity contribution in [1.29, 1.82) is 5.26 Å². The molecule has 1 aromatic heterocycles. The molecule has 6 heteroatoms. The Kier molecular flexibility index (Phi) is 5.75. The summed E-state index contributed by atoms with van der Waals surface area (Å²) in [5.41, 5.74) is 0.903. The number of rotatable bonds is 6. The molecule has 18 heavy (non-hydrogen) atoms. The van der Waals surface area contributed by atoms with Crippen LogP contribution in [0, 0.1) is 17.2 Å². The average molecular weight is 266 g/mol. The molecule has 0 aromatic carbocycles. The van der Waals surface area contributed by atoms with E-state index >= 15 is 0 Å². The molecule has 0 bridgehead atoms. The zero-order valence-electron chi connectivity index (χ0n) is 10.9. The van der Waals surface area contributed by atoms with Gasteiger partial charge in [-0.2, -0.15) is 5.26 Å². The molecule has 1 amide bonds. The van der Waals surface area contributed by atoms with Crippen LogP contribution in [0.5, 0.6) is 0 Å². The number of anilines is 1. The molecule has 0 aliphatic rings. The van der Waals surface area contributed by atoms with Crippen molar-refractivity contribution in [1.82, 2.24) is 10.3 Å². The molecule has 0 radical (unpaired) electrons. The number of hydrogen-bond donors (Lipinski definition) is 1. The summed E-state index contributed by atoms with van der Waals surface area (Å²) in [6.45, 7) is 7.23. The monoisotopic (exact) mass is 266 g/mol. The van der Waals surface area contributed by atoms with Crippen molar-refractivity contribution in [2.45, 2.75) is 27.3 Å². The first-order valence-corrected chi connectivity index (χ1v) is 6.79. The van der Waals surface area contributed by atoms with Gasteiger partial charge in [-0.15, -0.1) is 11.3 Å². The normalized spacial score (nSPS) is 11.9. The lowest BCUT2D eigenvalue weighted by molar-refractivity contribution is -0.116. The van der Waals surface area contributed by atoms with E-state index in [1.807, 2.05) is 19.2 Å². The fourth-order valence-electron chi connectivity index (χ4n) is 1.46. The lowest BCUT2D eigenvalue weighted by Gasteiger charge is -2.14. The van der Waals surface area contributed by atoms with Gasteiger partial charge in [-0.05, 0) is 13.8 Å². The average Bonchev–Trinajstić information content (AvgIpc) is 2.78. The molecule has 5 nitrogen and oxygen atoms in total. The summed E-state index contributed by atoms with van der Waals surface area (Å²) in [5.74, 6) is -0.00284. The second-order valence-corrected chi connectivity index (χ2v) is 4.88.